The number of hydrogen-bond donors (Lipinski definition) is 1. The van der Waals surface area contributed by atoms with Gasteiger partial charge in [0, 0.05) is 44.1 Å². The van der Waals surface area contributed by atoms with Crippen molar-refractivity contribution in [3.05, 3.63) is 18.2 Å². The first-order valence-corrected chi connectivity index (χ1v) is 8.29. The van der Waals surface area contributed by atoms with E-state index in [9.17, 15) is 4.79 Å². The molecule has 1 aromatic rings. The monoisotopic (exact) mass is 288 g/mol. The average molecular weight is 288 g/mol. The van der Waals surface area contributed by atoms with Crippen LogP contribution in [0.15, 0.2) is 12.5 Å². The summed E-state index contributed by atoms with van der Waals surface area (Å²) in [6.07, 6.45) is 9.87. The van der Waals surface area contributed by atoms with Crippen molar-refractivity contribution in [1.82, 2.24) is 19.8 Å². The minimum absolute atomic E-state index is 0.215. The second-order valence-electron chi connectivity index (χ2n) is 6.99. The van der Waals surface area contributed by atoms with E-state index in [0.717, 1.165) is 44.2 Å². The highest BCUT2D eigenvalue weighted by Crippen LogP contribution is 2.34. The lowest BCUT2D eigenvalue weighted by Crippen LogP contribution is -2.50. The quantitative estimate of drug-likeness (QED) is 0.916. The van der Waals surface area contributed by atoms with E-state index in [1.54, 1.807) is 6.33 Å². The highest BCUT2D eigenvalue weighted by Gasteiger charge is 2.41. The molecule has 4 fully saturated rings. The molecule has 1 aromatic heterocycles. The Bertz CT molecular complexity index is 496. The highest BCUT2D eigenvalue weighted by molar-refractivity contribution is 5.80. The largest absolute Gasteiger partial charge is 0.347 e. The van der Waals surface area contributed by atoms with Gasteiger partial charge in [-0.1, -0.05) is 6.42 Å². The molecule has 0 aromatic carbocycles. The maximum Gasteiger partial charge on any atom is 0.227 e. The number of aromatic nitrogens is 2. The van der Waals surface area contributed by atoms with E-state index < -0.39 is 0 Å². The Morgan fingerprint density at radius 2 is 2.14 bits per heavy atom. The summed E-state index contributed by atoms with van der Waals surface area (Å²) >= 11 is 0. The molecule has 1 N–H and O–H groups in total. The summed E-state index contributed by atoms with van der Waals surface area (Å²) in [4.78, 5) is 24.6. The van der Waals surface area contributed by atoms with Crippen LogP contribution in [0.1, 0.15) is 37.8 Å². The van der Waals surface area contributed by atoms with Gasteiger partial charge in [0.1, 0.15) is 0 Å². The standard InChI is InChI=1S/C16H24N4O/c21-16-13-4-5-15(20(16)7-12-2-1-3-12)10-19(8-13)9-14-6-17-11-18-14/h6,11-13,15H,1-5,7-10H2,(H,17,18)/t13-,15+/m0/s1. The van der Waals surface area contributed by atoms with Crippen LogP contribution in [0.5, 0.6) is 0 Å². The molecule has 3 saturated heterocycles. The number of piperidine rings is 1. The Morgan fingerprint density at radius 3 is 2.86 bits per heavy atom. The molecule has 3 aliphatic heterocycles. The van der Waals surface area contributed by atoms with Crippen molar-refractivity contribution >= 4 is 5.91 Å². The van der Waals surface area contributed by atoms with Crippen LogP contribution >= 0.6 is 0 Å². The molecule has 5 heteroatoms. The van der Waals surface area contributed by atoms with Crippen LogP contribution in [0.3, 0.4) is 0 Å². The Balaban J connectivity index is 1.46. The number of nitrogens with zero attached hydrogens (tertiary/aromatic N) is 3. The predicted octanol–water partition coefficient (Wildman–Crippen LogP) is 1.63. The summed E-state index contributed by atoms with van der Waals surface area (Å²) in [6, 6.07) is 0.430. The van der Waals surface area contributed by atoms with Gasteiger partial charge in [-0.2, -0.15) is 0 Å². The van der Waals surface area contributed by atoms with Gasteiger partial charge < -0.3 is 9.88 Å². The van der Waals surface area contributed by atoms with Crippen molar-refractivity contribution in [3.8, 4) is 0 Å². The molecule has 1 aliphatic carbocycles. The first-order valence-electron chi connectivity index (χ1n) is 8.29. The Kier molecular flexibility index (Phi) is 3.45. The molecule has 4 heterocycles. The number of carbonyl (C=O) groups is 1. The molecule has 5 nitrogen and oxygen atoms in total. The van der Waals surface area contributed by atoms with Gasteiger partial charge in [-0.05, 0) is 31.6 Å². The molecule has 1 amide bonds. The summed E-state index contributed by atoms with van der Waals surface area (Å²) in [7, 11) is 0. The summed E-state index contributed by atoms with van der Waals surface area (Å²) < 4.78 is 0. The molecule has 114 valence electrons. The third kappa shape index (κ3) is 2.59. The number of hydrogen-bond acceptors (Lipinski definition) is 3. The van der Waals surface area contributed by atoms with Crippen molar-refractivity contribution in [2.24, 2.45) is 11.8 Å². The lowest BCUT2D eigenvalue weighted by atomic mass is 9.83. The normalized spacial score (nSPS) is 30.5. The van der Waals surface area contributed by atoms with Gasteiger partial charge in [-0.25, -0.2) is 4.98 Å². The molecular formula is C16H24N4O. The zero-order valence-corrected chi connectivity index (χ0v) is 12.5. The minimum Gasteiger partial charge on any atom is -0.347 e. The third-order valence-corrected chi connectivity index (χ3v) is 5.50. The lowest BCUT2D eigenvalue weighted by Gasteiger charge is -2.40. The van der Waals surface area contributed by atoms with E-state index in [1.165, 1.54) is 25.7 Å². The van der Waals surface area contributed by atoms with Gasteiger partial charge in [0.2, 0.25) is 5.91 Å². The Labute approximate surface area is 125 Å². The van der Waals surface area contributed by atoms with Gasteiger partial charge in [-0.3, -0.25) is 9.69 Å². The molecular weight excluding hydrogens is 264 g/mol. The lowest BCUT2D eigenvalue weighted by molar-refractivity contribution is -0.141. The van der Waals surface area contributed by atoms with Crippen LogP contribution in [-0.4, -0.2) is 51.4 Å². The fourth-order valence-corrected chi connectivity index (χ4v) is 4.06. The van der Waals surface area contributed by atoms with Gasteiger partial charge in [0.05, 0.1) is 12.2 Å². The summed E-state index contributed by atoms with van der Waals surface area (Å²) in [5.41, 5.74) is 1.15. The number of H-pyrrole nitrogens is 1. The third-order valence-electron chi connectivity index (χ3n) is 5.50. The fraction of sp³-hybridized carbons (Fsp3) is 0.750. The summed E-state index contributed by atoms with van der Waals surface area (Å²) in [5, 5.41) is 0. The number of aromatic amines is 1. The van der Waals surface area contributed by atoms with Crippen molar-refractivity contribution in [2.45, 2.75) is 44.7 Å². The number of nitrogens with one attached hydrogen (secondary N) is 1. The fourth-order valence-electron chi connectivity index (χ4n) is 4.06. The highest BCUT2D eigenvalue weighted by atomic mass is 16.2. The van der Waals surface area contributed by atoms with Crippen LogP contribution in [0.25, 0.3) is 0 Å². The topological polar surface area (TPSA) is 52.2 Å². The predicted molar refractivity (Wildman–Crippen MR) is 79.4 cm³/mol. The molecule has 4 aliphatic rings. The van der Waals surface area contributed by atoms with E-state index in [4.69, 9.17) is 0 Å². The van der Waals surface area contributed by atoms with Crippen LogP contribution in [0, 0.1) is 11.8 Å². The number of fused-ring (bicyclic) bond motifs is 4. The zero-order valence-electron chi connectivity index (χ0n) is 12.5. The second kappa shape index (κ2) is 5.44. The number of amides is 1. The second-order valence-corrected chi connectivity index (χ2v) is 6.99. The zero-order chi connectivity index (χ0) is 14.2. The molecule has 5 rings (SSSR count). The molecule has 0 spiro atoms. The van der Waals surface area contributed by atoms with Crippen LogP contribution < -0.4 is 0 Å². The molecule has 21 heavy (non-hydrogen) atoms. The SMILES string of the molecule is O=C1[C@H]2CC[C@H](CN(Cc3cnc[nH]3)C2)N1CC1CCC1. The molecule has 0 unspecified atom stereocenters. The Hall–Kier alpha value is -1.36. The molecule has 0 radical (unpaired) electrons. The van der Waals surface area contributed by atoms with Crippen LogP contribution in [0.4, 0.5) is 0 Å². The van der Waals surface area contributed by atoms with E-state index >= 15 is 0 Å². The van der Waals surface area contributed by atoms with Crippen molar-refractivity contribution < 1.29 is 4.79 Å². The summed E-state index contributed by atoms with van der Waals surface area (Å²) in [6.45, 7) is 3.83. The van der Waals surface area contributed by atoms with E-state index in [0.29, 0.717) is 11.9 Å². The van der Waals surface area contributed by atoms with Gasteiger partial charge in [0.25, 0.3) is 0 Å². The Morgan fingerprint density at radius 1 is 1.24 bits per heavy atom. The first kappa shape index (κ1) is 13.3. The van der Waals surface area contributed by atoms with E-state index in [2.05, 4.69) is 19.8 Å². The number of rotatable bonds is 4. The van der Waals surface area contributed by atoms with Crippen LogP contribution in [0.2, 0.25) is 0 Å². The number of imidazole rings is 1. The molecule has 2 atom stereocenters. The van der Waals surface area contributed by atoms with Gasteiger partial charge in [0.15, 0.2) is 0 Å². The maximum absolute atomic E-state index is 12.7. The molecule has 2 bridgehead atoms. The van der Waals surface area contributed by atoms with Gasteiger partial charge >= 0.3 is 0 Å². The van der Waals surface area contributed by atoms with Crippen molar-refractivity contribution in [3.63, 3.8) is 0 Å². The average Bonchev–Trinajstić information content (AvgIpc) is 2.79. The maximum atomic E-state index is 12.7. The van der Waals surface area contributed by atoms with Crippen molar-refractivity contribution in [1.29, 1.82) is 0 Å². The van der Waals surface area contributed by atoms with Crippen molar-refractivity contribution in [2.75, 3.05) is 19.6 Å². The van der Waals surface area contributed by atoms with E-state index in [1.807, 2.05) is 6.20 Å². The minimum atomic E-state index is 0.215. The first-order chi connectivity index (χ1) is 10.3. The van der Waals surface area contributed by atoms with E-state index in [-0.39, 0.29) is 5.92 Å². The number of carbonyl (C=O) groups excluding carboxylic acids is 1. The summed E-state index contributed by atoms with van der Waals surface area (Å²) in [5.74, 6) is 1.41. The van der Waals surface area contributed by atoms with Gasteiger partial charge in [-0.15, -0.1) is 0 Å². The molecule has 1 saturated carbocycles. The smallest absolute Gasteiger partial charge is 0.227 e. The van der Waals surface area contributed by atoms with Crippen LogP contribution in [-0.2, 0) is 11.3 Å².